The van der Waals surface area contributed by atoms with Crippen LogP contribution in [-0.4, -0.2) is 48.3 Å². The summed E-state index contributed by atoms with van der Waals surface area (Å²) in [4.78, 5) is 16.5. The van der Waals surface area contributed by atoms with Gasteiger partial charge in [-0.05, 0) is 19.3 Å². The van der Waals surface area contributed by atoms with E-state index in [0.717, 1.165) is 25.7 Å². The summed E-state index contributed by atoms with van der Waals surface area (Å²) < 4.78 is 6.39. The molecule has 124 valence electrons. The van der Waals surface area contributed by atoms with Crippen molar-refractivity contribution in [1.82, 2.24) is 30.5 Å². The molecule has 1 amide bonds. The van der Waals surface area contributed by atoms with Gasteiger partial charge in [0.2, 0.25) is 5.89 Å². The van der Waals surface area contributed by atoms with Crippen molar-refractivity contribution in [3.8, 4) is 0 Å². The van der Waals surface area contributed by atoms with E-state index >= 15 is 0 Å². The van der Waals surface area contributed by atoms with Gasteiger partial charge < -0.3 is 14.9 Å². The predicted octanol–water partition coefficient (Wildman–Crippen LogP) is 0.443. The maximum absolute atomic E-state index is 12.4. The van der Waals surface area contributed by atoms with E-state index in [9.17, 15) is 9.90 Å². The SMILES string of the molecule is Cc1nc(Cn2cc(C(=O)NC3(CCO)CCCC3)nn2)no1. The molecule has 2 N–H and O–H groups in total. The number of carbonyl (C=O) groups is 1. The average Bonchev–Trinajstić information content (AvgIpc) is 3.22. The van der Waals surface area contributed by atoms with E-state index in [1.165, 1.54) is 4.68 Å². The smallest absolute Gasteiger partial charge is 0.273 e. The van der Waals surface area contributed by atoms with Crippen LogP contribution in [0, 0.1) is 6.92 Å². The summed E-state index contributed by atoms with van der Waals surface area (Å²) in [6.45, 7) is 2.06. The number of amides is 1. The molecule has 1 saturated carbocycles. The van der Waals surface area contributed by atoms with Gasteiger partial charge in [0, 0.05) is 19.1 Å². The Bertz CT molecular complexity index is 674. The quantitative estimate of drug-likeness (QED) is 0.792. The lowest BCUT2D eigenvalue weighted by Gasteiger charge is -2.29. The molecule has 0 unspecified atom stereocenters. The first-order valence-corrected chi connectivity index (χ1v) is 7.73. The zero-order chi connectivity index (χ0) is 16.3. The number of aliphatic hydroxyl groups excluding tert-OH is 1. The largest absolute Gasteiger partial charge is 0.396 e. The molecule has 1 aliphatic carbocycles. The van der Waals surface area contributed by atoms with Gasteiger partial charge in [0.25, 0.3) is 5.91 Å². The molecule has 0 saturated heterocycles. The molecular formula is C14H20N6O3. The van der Waals surface area contributed by atoms with Gasteiger partial charge in [-0.3, -0.25) is 4.79 Å². The van der Waals surface area contributed by atoms with E-state index in [2.05, 4.69) is 25.8 Å². The number of hydrogen-bond acceptors (Lipinski definition) is 7. The summed E-state index contributed by atoms with van der Waals surface area (Å²) >= 11 is 0. The Kier molecular flexibility index (Phi) is 4.37. The van der Waals surface area contributed by atoms with Gasteiger partial charge in [-0.1, -0.05) is 23.2 Å². The van der Waals surface area contributed by atoms with Crippen LogP contribution < -0.4 is 5.32 Å². The third kappa shape index (κ3) is 3.55. The molecule has 1 fully saturated rings. The molecule has 0 aromatic carbocycles. The first-order valence-electron chi connectivity index (χ1n) is 7.73. The molecule has 0 aliphatic heterocycles. The topological polar surface area (TPSA) is 119 Å². The van der Waals surface area contributed by atoms with Crippen molar-refractivity contribution in [2.24, 2.45) is 0 Å². The number of aryl methyl sites for hydroxylation is 1. The van der Waals surface area contributed by atoms with Crippen molar-refractivity contribution in [3.05, 3.63) is 23.6 Å². The molecule has 2 heterocycles. The van der Waals surface area contributed by atoms with Crippen LogP contribution in [0.3, 0.4) is 0 Å². The van der Waals surface area contributed by atoms with Gasteiger partial charge in [0.1, 0.15) is 6.54 Å². The second-order valence-corrected chi connectivity index (χ2v) is 5.95. The summed E-state index contributed by atoms with van der Waals surface area (Å²) in [5, 5.41) is 23.9. The number of aliphatic hydroxyl groups is 1. The van der Waals surface area contributed by atoms with E-state index in [1.807, 2.05) is 0 Å². The standard InChI is InChI=1S/C14H20N6O3/c1-10-15-12(18-23-10)9-20-8-11(17-19-20)13(22)16-14(6-7-21)4-2-3-5-14/h8,21H,2-7,9H2,1H3,(H,16,22). The Morgan fingerprint density at radius 2 is 2.26 bits per heavy atom. The van der Waals surface area contributed by atoms with Crippen molar-refractivity contribution in [2.45, 2.75) is 51.1 Å². The third-order valence-corrected chi connectivity index (χ3v) is 4.17. The fourth-order valence-electron chi connectivity index (χ4n) is 3.04. The van der Waals surface area contributed by atoms with Crippen LogP contribution in [0.5, 0.6) is 0 Å². The zero-order valence-corrected chi connectivity index (χ0v) is 13.0. The van der Waals surface area contributed by atoms with Crippen LogP contribution in [0.1, 0.15) is 54.3 Å². The van der Waals surface area contributed by atoms with E-state index < -0.39 is 0 Å². The average molecular weight is 320 g/mol. The van der Waals surface area contributed by atoms with Gasteiger partial charge in [-0.2, -0.15) is 4.98 Å². The van der Waals surface area contributed by atoms with Gasteiger partial charge in [-0.15, -0.1) is 5.10 Å². The second-order valence-electron chi connectivity index (χ2n) is 5.95. The van der Waals surface area contributed by atoms with Gasteiger partial charge in [0.15, 0.2) is 11.5 Å². The molecule has 9 nitrogen and oxygen atoms in total. The Morgan fingerprint density at radius 3 is 2.91 bits per heavy atom. The summed E-state index contributed by atoms with van der Waals surface area (Å²) in [5.41, 5.74) is -0.0742. The number of hydrogen-bond donors (Lipinski definition) is 2. The van der Waals surface area contributed by atoms with Crippen molar-refractivity contribution < 1.29 is 14.4 Å². The van der Waals surface area contributed by atoms with Crippen molar-refractivity contribution in [3.63, 3.8) is 0 Å². The highest BCUT2D eigenvalue weighted by Crippen LogP contribution is 2.32. The first kappa shape index (κ1) is 15.6. The molecule has 0 atom stereocenters. The van der Waals surface area contributed by atoms with Gasteiger partial charge in [-0.25, -0.2) is 4.68 Å². The van der Waals surface area contributed by atoms with Crippen molar-refractivity contribution in [1.29, 1.82) is 0 Å². The Morgan fingerprint density at radius 1 is 1.48 bits per heavy atom. The zero-order valence-electron chi connectivity index (χ0n) is 13.0. The summed E-state index contributed by atoms with van der Waals surface area (Å²) in [6.07, 6.45) is 6.01. The number of nitrogens with one attached hydrogen (secondary N) is 1. The fraction of sp³-hybridized carbons (Fsp3) is 0.643. The van der Waals surface area contributed by atoms with E-state index in [0.29, 0.717) is 24.7 Å². The summed E-state index contributed by atoms with van der Waals surface area (Å²) in [6, 6.07) is 0. The van der Waals surface area contributed by atoms with Crippen LogP contribution in [-0.2, 0) is 6.54 Å². The van der Waals surface area contributed by atoms with Gasteiger partial charge in [0.05, 0.1) is 6.20 Å². The van der Waals surface area contributed by atoms with Crippen LogP contribution in [0.4, 0.5) is 0 Å². The molecule has 2 aromatic rings. The normalized spacial score (nSPS) is 16.6. The third-order valence-electron chi connectivity index (χ3n) is 4.17. The number of rotatable bonds is 6. The minimum atomic E-state index is -0.319. The van der Waals surface area contributed by atoms with E-state index in [-0.39, 0.29) is 23.7 Å². The number of carbonyl (C=O) groups excluding carboxylic acids is 1. The minimum Gasteiger partial charge on any atom is -0.396 e. The molecular weight excluding hydrogens is 300 g/mol. The van der Waals surface area contributed by atoms with Crippen LogP contribution in [0.15, 0.2) is 10.7 Å². The monoisotopic (exact) mass is 320 g/mol. The van der Waals surface area contributed by atoms with Gasteiger partial charge >= 0.3 is 0 Å². The van der Waals surface area contributed by atoms with Crippen molar-refractivity contribution >= 4 is 5.91 Å². The maximum Gasteiger partial charge on any atom is 0.273 e. The Labute approximate surface area is 133 Å². The molecule has 1 aliphatic rings. The van der Waals surface area contributed by atoms with Crippen LogP contribution >= 0.6 is 0 Å². The molecule has 9 heteroatoms. The number of nitrogens with zero attached hydrogens (tertiary/aromatic N) is 5. The highest BCUT2D eigenvalue weighted by Gasteiger charge is 2.35. The lowest BCUT2D eigenvalue weighted by atomic mass is 9.93. The Hall–Kier alpha value is -2.29. The number of aromatic nitrogens is 5. The second kappa shape index (κ2) is 6.45. The van der Waals surface area contributed by atoms with Crippen LogP contribution in [0.25, 0.3) is 0 Å². The lowest BCUT2D eigenvalue weighted by Crippen LogP contribution is -2.47. The van der Waals surface area contributed by atoms with E-state index in [1.54, 1.807) is 13.1 Å². The Balaban J connectivity index is 1.66. The highest BCUT2D eigenvalue weighted by atomic mass is 16.5. The fourth-order valence-corrected chi connectivity index (χ4v) is 3.04. The molecule has 0 spiro atoms. The highest BCUT2D eigenvalue weighted by molar-refractivity contribution is 5.92. The summed E-state index contributed by atoms with van der Waals surface area (Å²) in [7, 11) is 0. The molecule has 2 aromatic heterocycles. The predicted molar refractivity (Wildman–Crippen MR) is 78.5 cm³/mol. The first-order chi connectivity index (χ1) is 11.1. The molecule has 0 radical (unpaired) electrons. The summed E-state index contributed by atoms with van der Waals surface area (Å²) in [5.74, 6) is 0.688. The lowest BCUT2D eigenvalue weighted by molar-refractivity contribution is 0.0875. The molecule has 3 rings (SSSR count). The molecule has 0 bridgehead atoms. The van der Waals surface area contributed by atoms with Crippen LogP contribution in [0.2, 0.25) is 0 Å². The van der Waals surface area contributed by atoms with Crippen molar-refractivity contribution in [2.75, 3.05) is 6.61 Å². The minimum absolute atomic E-state index is 0.0597. The van der Waals surface area contributed by atoms with E-state index in [4.69, 9.17) is 4.52 Å². The maximum atomic E-state index is 12.4. The molecule has 23 heavy (non-hydrogen) atoms.